The van der Waals surface area contributed by atoms with Gasteiger partial charge in [0.2, 0.25) is 6.41 Å². The van der Waals surface area contributed by atoms with Crippen molar-refractivity contribution >= 4 is 12.4 Å². The van der Waals surface area contributed by atoms with Gasteiger partial charge in [0.05, 0.1) is 12.7 Å². The molecule has 1 unspecified atom stereocenters. The Kier molecular flexibility index (Phi) is 5.62. The number of rotatable bonds is 6. The maximum absolute atomic E-state index is 12.5. The van der Waals surface area contributed by atoms with Crippen molar-refractivity contribution in [1.29, 1.82) is 0 Å². The van der Waals surface area contributed by atoms with Crippen molar-refractivity contribution in [2.24, 2.45) is 0 Å². The number of hydroxylamine groups is 2. The Hall–Kier alpha value is -1.92. The van der Waals surface area contributed by atoms with Gasteiger partial charge in [-0.3, -0.25) is 14.5 Å². The van der Waals surface area contributed by atoms with E-state index in [0.717, 1.165) is 10.6 Å². The van der Waals surface area contributed by atoms with Crippen molar-refractivity contribution in [1.82, 2.24) is 9.96 Å². The summed E-state index contributed by atoms with van der Waals surface area (Å²) in [7, 11) is 1.34. The van der Waals surface area contributed by atoms with Crippen molar-refractivity contribution in [3.8, 4) is 0 Å². The minimum Gasteiger partial charge on any atom is -0.467 e. The molecular formula is C18H26N2O4. The molecule has 1 aliphatic rings. The van der Waals surface area contributed by atoms with E-state index in [1.807, 2.05) is 51.1 Å². The number of methoxy groups -OCH3 is 1. The highest BCUT2D eigenvalue weighted by atomic mass is 16.7. The molecule has 1 atom stereocenters. The van der Waals surface area contributed by atoms with Crippen molar-refractivity contribution in [2.45, 2.75) is 44.9 Å². The fourth-order valence-corrected chi connectivity index (χ4v) is 2.98. The molecule has 0 aliphatic carbocycles. The van der Waals surface area contributed by atoms with Gasteiger partial charge in [0.25, 0.3) is 0 Å². The second-order valence-electron chi connectivity index (χ2n) is 7.10. The summed E-state index contributed by atoms with van der Waals surface area (Å²) in [6.07, 6.45) is 1.05. The maximum atomic E-state index is 12.5. The van der Waals surface area contributed by atoms with Crippen LogP contribution in [-0.4, -0.2) is 53.7 Å². The second-order valence-corrected chi connectivity index (χ2v) is 7.10. The number of esters is 1. The Bertz CT molecular complexity index is 570. The quantitative estimate of drug-likeness (QED) is 0.452. The van der Waals surface area contributed by atoms with Crippen LogP contribution in [0.3, 0.4) is 0 Å². The number of likely N-dealkylation sites (tertiary alicyclic amines) is 1. The van der Waals surface area contributed by atoms with E-state index in [1.54, 1.807) is 0 Å². The third-order valence-electron chi connectivity index (χ3n) is 4.03. The number of carbonyl (C=O) groups excluding carboxylic acids is 2. The fourth-order valence-electron chi connectivity index (χ4n) is 2.98. The molecule has 6 heteroatoms. The first-order valence-electron chi connectivity index (χ1n) is 8.09. The third kappa shape index (κ3) is 4.13. The summed E-state index contributed by atoms with van der Waals surface area (Å²) in [6, 6.07) is 10.0. The summed E-state index contributed by atoms with van der Waals surface area (Å²) in [6.45, 7) is 7.29. The Balaban J connectivity index is 2.20. The largest absolute Gasteiger partial charge is 0.467 e. The van der Waals surface area contributed by atoms with Crippen LogP contribution < -0.4 is 0 Å². The minimum absolute atomic E-state index is 0.378. The predicted molar refractivity (Wildman–Crippen MR) is 89.8 cm³/mol. The molecule has 1 fully saturated rings. The lowest BCUT2D eigenvalue weighted by Gasteiger charge is -2.38. The summed E-state index contributed by atoms with van der Waals surface area (Å²) in [5.41, 5.74) is -0.541. The van der Waals surface area contributed by atoms with Crippen LogP contribution >= 0.6 is 0 Å². The summed E-state index contributed by atoms with van der Waals surface area (Å²) in [5.74, 6) is -0.450. The minimum atomic E-state index is -1.11. The fraction of sp³-hybridized carbons (Fsp3) is 0.556. The van der Waals surface area contributed by atoms with Gasteiger partial charge in [-0.2, -0.15) is 0 Å². The summed E-state index contributed by atoms with van der Waals surface area (Å²) >= 11 is 0. The summed E-state index contributed by atoms with van der Waals surface area (Å²) in [5, 5.41) is 1.14. The average molecular weight is 334 g/mol. The van der Waals surface area contributed by atoms with Crippen molar-refractivity contribution < 1.29 is 19.2 Å². The van der Waals surface area contributed by atoms with Crippen molar-refractivity contribution in [3.05, 3.63) is 35.9 Å². The smallest absolute Gasteiger partial charge is 0.335 e. The highest BCUT2D eigenvalue weighted by Gasteiger charge is 2.52. The topological polar surface area (TPSA) is 59.1 Å². The SMILES string of the molecule is COC(=O)C1(N(C=O)OC(C)(C)C)CCN(Cc2ccccc2)C1. The molecular weight excluding hydrogens is 308 g/mol. The van der Waals surface area contributed by atoms with Gasteiger partial charge in [-0.1, -0.05) is 30.3 Å². The monoisotopic (exact) mass is 334 g/mol. The lowest BCUT2D eigenvalue weighted by Crippen LogP contribution is -2.58. The molecule has 1 aromatic carbocycles. The zero-order valence-electron chi connectivity index (χ0n) is 14.8. The predicted octanol–water partition coefficient (Wildman–Crippen LogP) is 1.99. The van der Waals surface area contributed by atoms with Crippen LogP contribution in [0.15, 0.2) is 30.3 Å². The number of carbonyl (C=O) groups is 2. The molecule has 0 N–H and O–H groups in total. The highest BCUT2D eigenvalue weighted by Crippen LogP contribution is 2.31. The first-order valence-corrected chi connectivity index (χ1v) is 8.09. The van der Waals surface area contributed by atoms with Crippen molar-refractivity contribution in [3.63, 3.8) is 0 Å². The van der Waals surface area contributed by atoms with E-state index in [4.69, 9.17) is 9.57 Å². The number of nitrogens with zero attached hydrogens (tertiary/aromatic N) is 2. The Morgan fingerprint density at radius 2 is 2.00 bits per heavy atom. The molecule has 6 nitrogen and oxygen atoms in total. The van der Waals surface area contributed by atoms with Gasteiger partial charge in [0.1, 0.15) is 0 Å². The molecule has 132 valence electrons. The van der Waals surface area contributed by atoms with Gasteiger partial charge >= 0.3 is 5.97 Å². The normalized spacial score (nSPS) is 21.5. The van der Waals surface area contributed by atoms with E-state index in [1.165, 1.54) is 7.11 Å². The van der Waals surface area contributed by atoms with E-state index < -0.39 is 17.1 Å². The third-order valence-corrected chi connectivity index (χ3v) is 4.03. The van der Waals surface area contributed by atoms with Crippen LogP contribution in [0.25, 0.3) is 0 Å². The Morgan fingerprint density at radius 1 is 1.33 bits per heavy atom. The van der Waals surface area contributed by atoms with Gasteiger partial charge in [0.15, 0.2) is 5.54 Å². The number of hydrogen-bond acceptors (Lipinski definition) is 5. The molecule has 1 saturated heterocycles. The molecule has 0 saturated carbocycles. The van der Waals surface area contributed by atoms with Crippen LogP contribution in [0, 0.1) is 0 Å². The number of hydrogen-bond donors (Lipinski definition) is 0. The molecule has 0 aromatic heterocycles. The van der Waals surface area contributed by atoms with Crippen LogP contribution in [-0.2, 0) is 25.7 Å². The van der Waals surface area contributed by atoms with Crippen LogP contribution in [0.2, 0.25) is 0 Å². The lowest BCUT2D eigenvalue weighted by atomic mass is 9.98. The molecule has 0 spiro atoms. The van der Waals surface area contributed by atoms with Gasteiger partial charge in [0, 0.05) is 19.6 Å². The average Bonchev–Trinajstić information content (AvgIpc) is 2.97. The molecule has 0 bridgehead atoms. The number of ether oxygens (including phenoxy) is 1. The van der Waals surface area contributed by atoms with Gasteiger partial charge in [-0.05, 0) is 32.8 Å². The Morgan fingerprint density at radius 3 is 2.54 bits per heavy atom. The number of benzene rings is 1. The van der Waals surface area contributed by atoms with Crippen LogP contribution in [0.4, 0.5) is 0 Å². The Labute approximate surface area is 143 Å². The molecule has 1 heterocycles. The molecule has 1 aliphatic heterocycles. The van der Waals surface area contributed by atoms with Gasteiger partial charge in [-0.15, -0.1) is 0 Å². The molecule has 1 aromatic rings. The second kappa shape index (κ2) is 7.32. The number of amides is 1. The van der Waals surface area contributed by atoms with Crippen molar-refractivity contribution in [2.75, 3.05) is 20.2 Å². The van der Waals surface area contributed by atoms with E-state index in [-0.39, 0.29) is 0 Å². The van der Waals surface area contributed by atoms with Gasteiger partial charge in [-0.25, -0.2) is 9.86 Å². The first-order chi connectivity index (χ1) is 11.3. The van der Waals surface area contributed by atoms with Crippen LogP contribution in [0.5, 0.6) is 0 Å². The van der Waals surface area contributed by atoms with Gasteiger partial charge < -0.3 is 4.74 Å². The maximum Gasteiger partial charge on any atom is 0.335 e. The molecule has 0 radical (unpaired) electrons. The first kappa shape index (κ1) is 18.4. The van der Waals surface area contributed by atoms with E-state index in [2.05, 4.69) is 4.90 Å². The zero-order valence-corrected chi connectivity index (χ0v) is 14.8. The molecule has 1 amide bonds. The van der Waals surface area contributed by atoms with E-state index >= 15 is 0 Å². The van der Waals surface area contributed by atoms with Crippen LogP contribution in [0.1, 0.15) is 32.8 Å². The lowest BCUT2D eigenvalue weighted by molar-refractivity contribution is -0.255. The summed E-state index contributed by atoms with van der Waals surface area (Å²) in [4.78, 5) is 32.0. The van der Waals surface area contributed by atoms with E-state index in [0.29, 0.717) is 32.5 Å². The molecule has 2 rings (SSSR count). The molecule has 24 heavy (non-hydrogen) atoms. The zero-order chi connectivity index (χ0) is 17.8. The standard InChI is InChI=1S/C18H26N2O4/c1-17(2,3)24-20(14-21)18(16(22)23-4)10-11-19(13-18)12-15-8-6-5-7-9-15/h5-9,14H,10-13H2,1-4H3. The van der Waals surface area contributed by atoms with E-state index in [9.17, 15) is 9.59 Å². The summed E-state index contributed by atoms with van der Waals surface area (Å²) < 4.78 is 4.99. The highest BCUT2D eigenvalue weighted by molar-refractivity contribution is 5.83.